The van der Waals surface area contributed by atoms with E-state index in [0.29, 0.717) is 50.7 Å². The molecule has 2 aromatic rings. The summed E-state index contributed by atoms with van der Waals surface area (Å²) in [5.74, 6) is -0.142. The normalized spacial score (nSPS) is 19.4. The predicted octanol–water partition coefficient (Wildman–Crippen LogP) is 4.80. The van der Waals surface area contributed by atoms with Crippen molar-refractivity contribution in [3.05, 3.63) is 65.2 Å². The highest BCUT2D eigenvalue weighted by Gasteiger charge is 2.45. The van der Waals surface area contributed by atoms with Crippen molar-refractivity contribution in [2.45, 2.75) is 45.6 Å². The molecule has 2 fully saturated rings. The molecule has 2 aliphatic rings. The van der Waals surface area contributed by atoms with Gasteiger partial charge in [0, 0.05) is 31.7 Å². The number of ketones is 1. The molecule has 2 heterocycles. The standard InChI is InChI=1S/C31H40N2O6/c1-3-5-6-19-39-25-13-11-23(12-14-25)28-27(29(34)24-9-7-10-26(22-24)38-4-2)30(35)31(36)33(28)16-8-15-32-17-20-37-21-18-32/h7,9-14,22,28,34H,3-6,8,15-21H2,1-2H3. The average Bonchev–Trinajstić information content (AvgIpc) is 3.21. The second-order valence-electron chi connectivity index (χ2n) is 9.89. The first-order valence-electron chi connectivity index (χ1n) is 14.1. The van der Waals surface area contributed by atoms with Gasteiger partial charge >= 0.3 is 0 Å². The number of morpholine rings is 1. The molecule has 0 radical (unpaired) electrons. The van der Waals surface area contributed by atoms with E-state index in [1.54, 1.807) is 29.2 Å². The summed E-state index contributed by atoms with van der Waals surface area (Å²) in [6.07, 6.45) is 3.94. The Kier molecular flexibility index (Phi) is 10.4. The Morgan fingerprint density at radius 1 is 0.949 bits per heavy atom. The van der Waals surface area contributed by atoms with Gasteiger partial charge in [-0.1, -0.05) is 44.0 Å². The van der Waals surface area contributed by atoms with Crippen LogP contribution in [0.2, 0.25) is 0 Å². The summed E-state index contributed by atoms with van der Waals surface area (Å²) in [5.41, 5.74) is 1.29. The van der Waals surface area contributed by atoms with Gasteiger partial charge in [0.25, 0.3) is 11.7 Å². The van der Waals surface area contributed by atoms with Crippen LogP contribution in [-0.4, -0.2) is 79.2 Å². The molecule has 1 N–H and O–H groups in total. The summed E-state index contributed by atoms with van der Waals surface area (Å²) in [6, 6.07) is 13.8. The van der Waals surface area contributed by atoms with Crippen molar-refractivity contribution in [3.63, 3.8) is 0 Å². The Morgan fingerprint density at radius 2 is 1.72 bits per heavy atom. The molecule has 1 unspecified atom stereocenters. The van der Waals surface area contributed by atoms with E-state index in [4.69, 9.17) is 14.2 Å². The summed E-state index contributed by atoms with van der Waals surface area (Å²) >= 11 is 0. The minimum absolute atomic E-state index is 0.0941. The molecular weight excluding hydrogens is 496 g/mol. The summed E-state index contributed by atoms with van der Waals surface area (Å²) in [7, 11) is 0. The molecule has 8 nitrogen and oxygen atoms in total. The zero-order valence-electron chi connectivity index (χ0n) is 23.1. The van der Waals surface area contributed by atoms with Crippen LogP contribution in [0.25, 0.3) is 5.76 Å². The van der Waals surface area contributed by atoms with Gasteiger partial charge in [0.05, 0.1) is 38.0 Å². The number of amides is 1. The van der Waals surface area contributed by atoms with Crippen LogP contribution < -0.4 is 9.47 Å². The van der Waals surface area contributed by atoms with Gasteiger partial charge in [0.1, 0.15) is 17.3 Å². The van der Waals surface area contributed by atoms with Gasteiger partial charge in [-0.2, -0.15) is 0 Å². The Labute approximate surface area is 231 Å². The van der Waals surface area contributed by atoms with Crippen LogP contribution >= 0.6 is 0 Å². The smallest absolute Gasteiger partial charge is 0.295 e. The fourth-order valence-electron chi connectivity index (χ4n) is 5.09. The first kappa shape index (κ1) is 28.6. The number of unbranched alkanes of at least 4 members (excludes halogenated alkanes) is 2. The molecule has 2 aromatic carbocycles. The van der Waals surface area contributed by atoms with Gasteiger partial charge in [-0.3, -0.25) is 14.5 Å². The van der Waals surface area contributed by atoms with Crippen LogP contribution in [0.3, 0.4) is 0 Å². The summed E-state index contributed by atoms with van der Waals surface area (Å²) in [6.45, 7) is 9.49. The first-order chi connectivity index (χ1) is 19.0. The van der Waals surface area contributed by atoms with E-state index < -0.39 is 17.7 Å². The Hall–Kier alpha value is -3.36. The molecule has 4 rings (SSSR count). The van der Waals surface area contributed by atoms with Gasteiger partial charge in [-0.05, 0) is 49.6 Å². The SMILES string of the molecule is CCCCCOc1ccc(C2C(=C(O)c3cccc(OCC)c3)C(=O)C(=O)N2CCCN2CCOCC2)cc1. The van der Waals surface area contributed by atoms with Crippen molar-refractivity contribution in [1.29, 1.82) is 0 Å². The van der Waals surface area contributed by atoms with E-state index in [1.165, 1.54) is 0 Å². The van der Waals surface area contributed by atoms with E-state index in [1.807, 2.05) is 31.2 Å². The summed E-state index contributed by atoms with van der Waals surface area (Å²) in [4.78, 5) is 30.6. The molecular formula is C31H40N2O6. The minimum atomic E-state index is -0.695. The van der Waals surface area contributed by atoms with Crippen LogP contribution in [0.1, 0.15) is 56.7 Å². The molecule has 0 aliphatic carbocycles. The molecule has 0 spiro atoms. The Balaban J connectivity index is 1.62. The minimum Gasteiger partial charge on any atom is -0.507 e. The average molecular weight is 537 g/mol. The second-order valence-corrected chi connectivity index (χ2v) is 9.89. The van der Waals surface area contributed by atoms with E-state index in [2.05, 4.69) is 11.8 Å². The molecule has 0 aromatic heterocycles. The van der Waals surface area contributed by atoms with Crippen molar-refractivity contribution in [1.82, 2.24) is 9.80 Å². The maximum atomic E-state index is 13.4. The lowest BCUT2D eigenvalue weighted by Gasteiger charge is -2.29. The molecule has 210 valence electrons. The molecule has 1 atom stereocenters. The third-order valence-electron chi connectivity index (χ3n) is 7.15. The van der Waals surface area contributed by atoms with Crippen molar-refractivity contribution >= 4 is 17.4 Å². The topological polar surface area (TPSA) is 88.5 Å². The zero-order chi connectivity index (χ0) is 27.6. The van der Waals surface area contributed by atoms with Crippen molar-refractivity contribution in [2.75, 3.05) is 52.6 Å². The molecule has 8 heteroatoms. The number of hydrogen-bond donors (Lipinski definition) is 1. The zero-order valence-corrected chi connectivity index (χ0v) is 23.1. The van der Waals surface area contributed by atoms with Crippen molar-refractivity contribution < 1.29 is 28.9 Å². The Morgan fingerprint density at radius 3 is 2.44 bits per heavy atom. The van der Waals surface area contributed by atoms with E-state index in [-0.39, 0.29) is 11.3 Å². The number of ether oxygens (including phenoxy) is 3. The maximum absolute atomic E-state index is 13.4. The molecule has 39 heavy (non-hydrogen) atoms. The monoisotopic (exact) mass is 536 g/mol. The number of carbonyl (C=O) groups is 2. The molecule has 0 saturated carbocycles. The highest BCUT2D eigenvalue weighted by Crippen LogP contribution is 2.40. The number of hydrogen-bond acceptors (Lipinski definition) is 7. The first-order valence-corrected chi connectivity index (χ1v) is 14.1. The van der Waals surface area contributed by atoms with Gasteiger partial charge in [0.15, 0.2) is 0 Å². The molecule has 2 saturated heterocycles. The second kappa shape index (κ2) is 14.1. The van der Waals surface area contributed by atoms with Crippen LogP contribution in [-0.2, 0) is 14.3 Å². The van der Waals surface area contributed by atoms with Gasteiger partial charge in [-0.15, -0.1) is 0 Å². The van der Waals surface area contributed by atoms with E-state index in [9.17, 15) is 14.7 Å². The lowest BCUT2D eigenvalue weighted by atomic mass is 9.95. The fraction of sp³-hybridized carbons (Fsp3) is 0.484. The highest BCUT2D eigenvalue weighted by molar-refractivity contribution is 6.46. The number of aliphatic hydroxyl groups excluding tert-OH is 1. The van der Waals surface area contributed by atoms with E-state index in [0.717, 1.165) is 50.2 Å². The number of benzene rings is 2. The summed E-state index contributed by atoms with van der Waals surface area (Å²) in [5, 5.41) is 11.4. The van der Waals surface area contributed by atoms with Crippen LogP contribution in [0.15, 0.2) is 54.1 Å². The number of rotatable bonds is 13. The van der Waals surface area contributed by atoms with Gasteiger partial charge in [-0.25, -0.2) is 0 Å². The Bertz CT molecular complexity index is 1140. The fourth-order valence-corrected chi connectivity index (χ4v) is 5.09. The molecule has 0 bridgehead atoms. The van der Waals surface area contributed by atoms with Crippen molar-refractivity contribution in [3.8, 4) is 11.5 Å². The number of aliphatic hydroxyl groups is 1. The number of likely N-dealkylation sites (tertiary alicyclic amines) is 1. The predicted molar refractivity (Wildman–Crippen MR) is 150 cm³/mol. The van der Waals surface area contributed by atoms with Crippen LogP contribution in [0.5, 0.6) is 11.5 Å². The maximum Gasteiger partial charge on any atom is 0.295 e. The van der Waals surface area contributed by atoms with Crippen molar-refractivity contribution in [2.24, 2.45) is 0 Å². The summed E-state index contributed by atoms with van der Waals surface area (Å²) < 4.78 is 16.9. The third kappa shape index (κ3) is 7.19. The largest absolute Gasteiger partial charge is 0.507 e. The molecule has 1 amide bonds. The van der Waals surface area contributed by atoms with Crippen LogP contribution in [0.4, 0.5) is 0 Å². The van der Waals surface area contributed by atoms with Gasteiger partial charge < -0.3 is 24.2 Å². The quantitative estimate of drug-likeness (QED) is 0.170. The third-order valence-corrected chi connectivity index (χ3v) is 7.15. The number of nitrogens with zero attached hydrogens (tertiary/aromatic N) is 2. The van der Waals surface area contributed by atoms with Gasteiger partial charge in [0.2, 0.25) is 0 Å². The highest BCUT2D eigenvalue weighted by atomic mass is 16.5. The number of carbonyl (C=O) groups excluding carboxylic acids is 2. The lowest BCUT2D eigenvalue weighted by Crippen LogP contribution is -2.38. The molecule has 2 aliphatic heterocycles. The van der Waals surface area contributed by atoms with Crippen LogP contribution in [0, 0.1) is 0 Å². The lowest BCUT2D eigenvalue weighted by molar-refractivity contribution is -0.140. The van der Waals surface area contributed by atoms with E-state index >= 15 is 0 Å². The number of Topliss-reactive ketones (excluding diaryl/α,β-unsaturated/α-hetero) is 1.